The van der Waals surface area contributed by atoms with Gasteiger partial charge in [0.05, 0.1) is 6.61 Å². The van der Waals surface area contributed by atoms with Gasteiger partial charge in [0.1, 0.15) is 24.4 Å². The molecule has 0 aromatic heterocycles. The lowest BCUT2D eigenvalue weighted by Crippen LogP contribution is -2.47. The standard InChI is InChI=1S/C7H12O5/c1-10-7-6-5(12-6)4(9)3(2-8)11-7/h3-9H,2H2,1H3/t3-,4-,5+,6-,7+/m1/s1. The van der Waals surface area contributed by atoms with Crippen molar-refractivity contribution in [1.29, 1.82) is 0 Å². The molecule has 0 aromatic rings. The Balaban J connectivity index is 2.01. The van der Waals surface area contributed by atoms with Crippen LogP contribution in [-0.2, 0) is 14.2 Å². The highest BCUT2D eigenvalue weighted by molar-refractivity contribution is 5.00. The third-order valence-electron chi connectivity index (χ3n) is 2.27. The first-order valence-corrected chi connectivity index (χ1v) is 3.90. The number of rotatable bonds is 2. The van der Waals surface area contributed by atoms with Gasteiger partial charge < -0.3 is 24.4 Å². The van der Waals surface area contributed by atoms with Crippen LogP contribution in [-0.4, -0.2) is 54.6 Å². The molecule has 0 spiro atoms. The molecule has 70 valence electrons. The van der Waals surface area contributed by atoms with Gasteiger partial charge in [0.15, 0.2) is 6.29 Å². The van der Waals surface area contributed by atoms with Gasteiger partial charge in [-0.1, -0.05) is 0 Å². The van der Waals surface area contributed by atoms with E-state index in [9.17, 15) is 5.11 Å². The molecule has 2 rings (SSSR count). The summed E-state index contributed by atoms with van der Waals surface area (Å²) in [4.78, 5) is 0. The number of fused-ring (bicyclic) bond motifs is 1. The molecule has 5 heteroatoms. The molecule has 0 bridgehead atoms. The molecule has 0 amide bonds. The van der Waals surface area contributed by atoms with Crippen LogP contribution in [0.4, 0.5) is 0 Å². The lowest BCUT2D eigenvalue weighted by Gasteiger charge is -2.28. The fourth-order valence-corrected chi connectivity index (χ4v) is 1.51. The summed E-state index contributed by atoms with van der Waals surface area (Å²) < 4.78 is 15.3. The molecule has 2 heterocycles. The van der Waals surface area contributed by atoms with E-state index in [1.165, 1.54) is 7.11 Å². The summed E-state index contributed by atoms with van der Waals surface area (Å²) in [6.45, 7) is -0.215. The van der Waals surface area contributed by atoms with E-state index in [4.69, 9.17) is 19.3 Å². The number of aliphatic hydroxyl groups excluding tert-OH is 2. The minimum atomic E-state index is -0.730. The zero-order valence-corrected chi connectivity index (χ0v) is 6.71. The summed E-state index contributed by atoms with van der Waals surface area (Å²) in [5.41, 5.74) is 0. The fraction of sp³-hybridized carbons (Fsp3) is 1.00. The fourth-order valence-electron chi connectivity index (χ4n) is 1.51. The number of hydrogen-bond donors (Lipinski definition) is 2. The Bertz CT molecular complexity index is 173. The van der Waals surface area contributed by atoms with E-state index in [1.54, 1.807) is 0 Å². The smallest absolute Gasteiger partial charge is 0.186 e. The van der Waals surface area contributed by atoms with Gasteiger partial charge in [-0.2, -0.15) is 0 Å². The van der Waals surface area contributed by atoms with Crippen LogP contribution >= 0.6 is 0 Å². The Hall–Kier alpha value is -0.200. The van der Waals surface area contributed by atoms with E-state index >= 15 is 0 Å². The van der Waals surface area contributed by atoms with Crippen LogP contribution in [0.1, 0.15) is 0 Å². The average molecular weight is 176 g/mol. The van der Waals surface area contributed by atoms with Crippen molar-refractivity contribution < 1.29 is 24.4 Å². The first-order valence-electron chi connectivity index (χ1n) is 3.90. The largest absolute Gasteiger partial charge is 0.394 e. The average Bonchev–Trinajstić information content (AvgIpc) is 2.85. The predicted molar refractivity (Wildman–Crippen MR) is 37.4 cm³/mol. The summed E-state index contributed by atoms with van der Waals surface area (Å²) in [7, 11) is 1.51. The third kappa shape index (κ3) is 1.14. The van der Waals surface area contributed by atoms with Crippen molar-refractivity contribution in [3.8, 4) is 0 Å². The first kappa shape index (κ1) is 8.40. The van der Waals surface area contributed by atoms with Crippen molar-refractivity contribution in [2.24, 2.45) is 0 Å². The highest BCUT2D eigenvalue weighted by Gasteiger charge is 2.57. The molecule has 12 heavy (non-hydrogen) atoms. The Labute approximate surface area is 69.8 Å². The summed E-state index contributed by atoms with van der Waals surface area (Å²) >= 11 is 0. The van der Waals surface area contributed by atoms with Gasteiger partial charge >= 0.3 is 0 Å². The Morgan fingerprint density at radius 1 is 1.33 bits per heavy atom. The van der Waals surface area contributed by atoms with E-state index in [0.717, 1.165) is 0 Å². The molecule has 2 aliphatic rings. The molecule has 0 unspecified atom stereocenters. The van der Waals surface area contributed by atoms with Crippen LogP contribution in [0.5, 0.6) is 0 Å². The maximum atomic E-state index is 9.43. The topological polar surface area (TPSA) is 71.5 Å². The van der Waals surface area contributed by atoms with Crippen LogP contribution in [0.3, 0.4) is 0 Å². The maximum absolute atomic E-state index is 9.43. The zero-order chi connectivity index (χ0) is 8.72. The quantitative estimate of drug-likeness (QED) is 0.500. The summed E-state index contributed by atoms with van der Waals surface area (Å²) in [6.07, 6.45) is -2.14. The molecule has 2 saturated heterocycles. The molecule has 2 aliphatic heterocycles. The van der Waals surface area contributed by atoms with E-state index in [1.807, 2.05) is 0 Å². The van der Waals surface area contributed by atoms with Crippen LogP contribution < -0.4 is 0 Å². The van der Waals surface area contributed by atoms with Gasteiger partial charge in [0.2, 0.25) is 0 Å². The number of aliphatic hydroxyl groups is 2. The lowest BCUT2D eigenvalue weighted by molar-refractivity contribution is -0.207. The molecule has 2 fully saturated rings. The minimum Gasteiger partial charge on any atom is -0.394 e. The Morgan fingerprint density at radius 3 is 2.67 bits per heavy atom. The Morgan fingerprint density at radius 2 is 2.08 bits per heavy atom. The number of ether oxygens (including phenoxy) is 3. The van der Waals surface area contributed by atoms with Gasteiger partial charge in [0.25, 0.3) is 0 Å². The van der Waals surface area contributed by atoms with E-state index in [0.29, 0.717) is 0 Å². The van der Waals surface area contributed by atoms with Crippen molar-refractivity contribution in [1.82, 2.24) is 0 Å². The third-order valence-corrected chi connectivity index (χ3v) is 2.27. The van der Waals surface area contributed by atoms with Crippen molar-refractivity contribution >= 4 is 0 Å². The molecule has 0 aromatic carbocycles. The van der Waals surface area contributed by atoms with Crippen molar-refractivity contribution in [2.45, 2.75) is 30.7 Å². The normalized spacial score (nSPS) is 51.8. The second-order valence-electron chi connectivity index (χ2n) is 3.02. The first-order chi connectivity index (χ1) is 5.77. The molecule has 0 radical (unpaired) electrons. The van der Waals surface area contributed by atoms with Gasteiger partial charge in [-0.25, -0.2) is 0 Å². The van der Waals surface area contributed by atoms with Gasteiger partial charge in [-0.05, 0) is 0 Å². The van der Waals surface area contributed by atoms with Gasteiger partial charge in [-0.3, -0.25) is 0 Å². The molecular formula is C7H12O5. The SMILES string of the molecule is CO[C@H]1O[C@H](CO)[C@@H](O)[C@@H]2O[C@@H]12. The van der Waals surface area contributed by atoms with Gasteiger partial charge in [-0.15, -0.1) is 0 Å². The number of hydrogen-bond acceptors (Lipinski definition) is 5. The van der Waals surface area contributed by atoms with Crippen molar-refractivity contribution in [2.75, 3.05) is 13.7 Å². The zero-order valence-electron chi connectivity index (χ0n) is 6.71. The predicted octanol–water partition coefficient (Wildman–Crippen LogP) is -1.52. The molecule has 2 N–H and O–H groups in total. The molecular weight excluding hydrogens is 164 g/mol. The van der Waals surface area contributed by atoms with E-state index in [-0.39, 0.29) is 18.8 Å². The second kappa shape index (κ2) is 2.93. The molecule has 0 saturated carbocycles. The van der Waals surface area contributed by atoms with E-state index < -0.39 is 18.5 Å². The molecule has 5 atom stereocenters. The summed E-state index contributed by atoms with van der Waals surface area (Å²) in [5.74, 6) is 0. The summed E-state index contributed by atoms with van der Waals surface area (Å²) in [5, 5.41) is 18.2. The Kier molecular flexibility index (Phi) is 2.05. The maximum Gasteiger partial charge on any atom is 0.186 e. The highest BCUT2D eigenvalue weighted by Crippen LogP contribution is 2.37. The van der Waals surface area contributed by atoms with Crippen molar-refractivity contribution in [3.63, 3.8) is 0 Å². The number of epoxide rings is 1. The van der Waals surface area contributed by atoms with E-state index in [2.05, 4.69) is 0 Å². The molecule has 5 nitrogen and oxygen atoms in total. The summed E-state index contributed by atoms with van der Waals surface area (Å²) in [6, 6.07) is 0. The van der Waals surface area contributed by atoms with Crippen LogP contribution in [0, 0.1) is 0 Å². The van der Waals surface area contributed by atoms with Crippen LogP contribution in [0.15, 0.2) is 0 Å². The second-order valence-corrected chi connectivity index (χ2v) is 3.02. The van der Waals surface area contributed by atoms with Crippen LogP contribution in [0.2, 0.25) is 0 Å². The van der Waals surface area contributed by atoms with Crippen molar-refractivity contribution in [3.05, 3.63) is 0 Å². The van der Waals surface area contributed by atoms with Gasteiger partial charge in [0, 0.05) is 7.11 Å². The van der Waals surface area contributed by atoms with Crippen LogP contribution in [0.25, 0.3) is 0 Å². The molecule has 0 aliphatic carbocycles. The monoisotopic (exact) mass is 176 g/mol. The highest BCUT2D eigenvalue weighted by atomic mass is 16.7. The minimum absolute atomic E-state index is 0.159. The number of methoxy groups -OCH3 is 1. The lowest BCUT2D eigenvalue weighted by atomic mass is 10.1.